The molecule has 19 heavy (non-hydrogen) atoms. The molecular formula is C15H20N2OS. The molecule has 2 rings (SSSR count). The van der Waals surface area contributed by atoms with Gasteiger partial charge in [-0.25, -0.2) is 4.98 Å². The molecule has 1 aromatic heterocycles. The van der Waals surface area contributed by atoms with Crippen molar-refractivity contribution in [1.29, 1.82) is 0 Å². The summed E-state index contributed by atoms with van der Waals surface area (Å²) in [6.07, 6.45) is 0.816. The normalized spacial score (nSPS) is 11.6. The van der Waals surface area contributed by atoms with E-state index in [1.54, 1.807) is 11.3 Å². The summed E-state index contributed by atoms with van der Waals surface area (Å²) >= 11 is 1.69. The quantitative estimate of drug-likeness (QED) is 0.911. The van der Waals surface area contributed by atoms with E-state index in [9.17, 15) is 0 Å². The van der Waals surface area contributed by atoms with Gasteiger partial charge >= 0.3 is 0 Å². The van der Waals surface area contributed by atoms with Gasteiger partial charge < -0.3 is 10.5 Å². The third-order valence-electron chi connectivity index (χ3n) is 2.75. The van der Waals surface area contributed by atoms with Gasteiger partial charge in [0.1, 0.15) is 5.75 Å². The van der Waals surface area contributed by atoms with E-state index in [4.69, 9.17) is 10.5 Å². The van der Waals surface area contributed by atoms with Gasteiger partial charge in [0.15, 0.2) is 0 Å². The van der Waals surface area contributed by atoms with Gasteiger partial charge in [-0.2, -0.15) is 0 Å². The van der Waals surface area contributed by atoms with Crippen LogP contribution in [0.25, 0.3) is 0 Å². The van der Waals surface area contributed by atoms with Gasteiger partial charge in [-0.3, -0.25) is 0 Å². The molecule has 0 saturated heterocycles. The van der Waals surface area contributed by atoms with Gasteiger partial charge in [0, 0.05) is 16.8 Å². The Morgan fingerprint density at radius 2 is 1.95 bits per heavy atom. The summed E-state index contributed by atoms with van der Waals surface area (Å²) in [4.78, 5) is 5.72. The third kappa shape index (κ3) is 3.78. The highest BCUT2D eigenvalue weighted by Gasteiger charge is 2.21. The molecule has 0 aliphatic rings. The Labute approximate surface area is 118 Å². The lowest BCUT2D eigenvalue weighted by molar-refractivity contribution is 0.321. The molecule has 2 N–H and O–H groups in total. The van der Waals surface area contributed by atoms with Crippen LogP contribution in [0, 0.1) is 6.92 Å². The van der Waals surface area contributed by atoms with Crippen LogP contribution >= 0.6 is 11.3 Å². The van der Waals surface area contributed by atoms with Crippen LogP contribution in [-0.2, 0) is 12.0 Å². The molecule has 0 saturated carbocycles. The fraction of sp³-hybridized carbons (Fsp3) is 0.400. The molecule has 0 radical (unpaired) electrons. The number of ether oxygens (including phenoxy) is 1. The van der Waals surface area contributed by atoms with E-state index in [2.05, 4.69) is 4.98 Å². The first kappa shape index (κ1) is 14.0. The second-order valence-electron chi connectivity index (χ2n) is 5.16. The molecule has 0 unspecified atom stereocenters. The predicted octanol–water partition coefficient (Wildman–Crippen LogP) is 3.27. The molecule has 0 bridgehead atoms. The van der Waals surface area contributed by atoms with Gasteiger partial charge in [0.2, 0.25) is 0 Å². The van der Waals surface area contributed by atoms with Crippen molar-refractivity contribution < 1.29 is 4.74 Å². The molecule has 0 spiro atoms. The molecule has 0 atom stereocenters. The number of hydrogen-bond donors (Lipinski definition) is 1. The predicted molar refractivity (Wildman–Crippen MR) is 79.7 cm³/mol. The lowest BCUT2D eigenvalue weighted by Crippen LogP contribution is -2.28. The fourth-order valence-corrected chi connectivity index (χ4v) is 2.99. The van der Waals surface area contributed by atoms with Crippen molar-refractivity contribution in [2.75, 3.05) is 6.61 Å². The minimum Gasteiger partial charge on any atom is -0.493 e. The van der Waals surface area contributed by atoms with Crippen molar-refractivity contribution in [2.45, 2.75) is 32.7 Å². The maximum Gasteiger partial charge on any atom is 0.119 e. The highest BCUT2D eigenvalue weighted by molar-refractivity contribution is 7.11. The highest BCUT2D eigenvalue weighted by Crippen LogP contribution is 2.27. The van der Waals surface area contributed by atoms with Crippen LogP contribution in [0.1, 0.15) is 29.4 Å². The van der Waals surface area contributed by atoms with E-state index >= 15 is 0 Å². The molecule has 102 valence electrons. The Bertz CT molecular complexity index is 529. The van der Waals surface area contributed by atoms with E-state index in [1.165, 1.54) is 0 Å². The Morgan fingerprint density at radius 1 is 1.26 bits per heavy atom. The second kappa shape index (κ2) is 5.72. The minimum atomic E-state index is -0.319. The van der Waals surface area contributed by atoms with E-state index in [0.29, 0.717) is 6.61 Å². The number of rotatable bonds is 5. The van der Waals surface area contributed by atoms with Crippen molar-refractivity contribution in [1.82, 2.24) is 4.98 Å². The Morgan fingerprint density at radius 3 is 2.53 bits per heavy atom. The molecule has 0 aliphatic heterocycles. The summed E-state index contributed by atoms with van der Waals surface area (Å²) < 4.78 is 5.68. The van der Waals surface area contributed by atoms with E-state index < -0.39 is 0 Å². The molecular weight excluding hydrogens is 256 g/mol. The monoisotopic (exact) mass is 276 g/mol. The Hall–Kier alpha value is -1.39. The maximum absolute atomic E-state index is 6.13. The van der Waals surface area contributed by atoms with Crippen molar-refractivity contribution in [3.63, 3.8) is 0 Å². The smallest absolute Gasteiger partial charge is 0.119 e. The van der Waals surface area contributed by atoms with Crippen LogP contribution in [0.3, 0.4) is 0 Å². The SMILES string of the molecule is Cc1nc(CCOc2ccccc2)sc1C(C)(C)N. The number of nitrogens with two attached hydrogens (primary N) is 1. The third-order valence-corrected chi connectivity index (χ3v) is 4.31. The molecule has 1 heterocycles. The molecule has 3 nitrogen and oxygen atoms in total. The molecule has 0 fully saturated rings. The number of nitrogens with zero attached hydrogens (tertiary/aromatic N) is 1. The number of aryl methyl sites for hydroxylation is 1. The number of para-hydroxylation sites is 1. The van der Waals surface area contributed by atoms with Crippen LogP contribution in [0.5, 0.6) is 5.75 Å². The molecule has 1 aromatic carbocycles. The molecule has 4 heteroatoms. The summed E-state index contributed by atoms with van der Waals surface area (Å²) in [5, 5.41) is 1.09. The van der Waals surface area contributed by atoms with Crippen molar-refractivity contribution in [3.8, 4) is 5.75 Å². The van der Waals surface area contributed by atoms with E-state index in [0.717, 1.165) is 27.7 Å². The first-order valence-corrected chi connectivity index (χ1v) is 7.22. The zero-order valence-corrected chi connectivity index (χ0v) is 12.5. The van der Waals surface area contributed by atoms with Crippen LogP contribution in [-0.4, -0.2) is 11.6 Å². The zero-order chi connectivity index (χ0) is 13.9. The van der Waals surface area contributed by atoms with Crippen molar-refractivity contribution in [3.05, 3.63) is 45.9 Å². The molecule has 0 amide bonds. The summed E-state index contributed by atoms with van der Waals surface area (Å²) in [6.45, 7) is 6.68. The number of benzene rings is 1. The summed E-state index contributed by atoms with van der Waals surface area (Å²) in [5.41, 5.74) is 6.85. The zero-order valence-electron chi connectivity index (χ0n) is 11.6. The first-order chi connectivity index (χ1) is 8.97. The van der Waals surface area contributed by atoms with Crippen LogP contribution in [0.4, 0.5) is 0 Å². The maximum atomic E-state index is 6.13. The second-order valence-corrected chi connectivity index (χ2v) is 6.24. The van der Waals surface area contributed by atoms with E-state index in [1.807, 2.05) is 51.1 Å². The van der Waals surface area contributed by atoms with Gasteiger partial charge in [0.25, 0.3) is 0 Å². The van der Waals surface area contributed by atoms with Crippen molar-refractivity contribution >= 4 is 11.3 Å². The average Bonchev–Trinajstić information content (AvgIpc) is 2.72. The fourth-order valence-electron chi connectivity index (χ4n) is 1.93. The van der Waals surface area contributed by atoms with Crippen LogP contribution < -0.4 is 10.5 Å². The summed E-state index contributed by atoms with van der Waals surface area (Å²) in [7, 11) is 0. The molecule has 0 aliphatic carbocycles. The Balaban J connectivity index is 1.94. The number of aromatic nitrogens is 1. The largest absolute Gasteiger partial charge is 0.493 e. The Kier molecular flexibility index (Phi) is 4.22. The lowest BCUT2D eigenvalue weighted by Gasteiger charge is -2.16. The highest BCUT2D eigenvalue weighted by atomic mass is 32.1. The standard InChI is InChI=1S/C15H20N2OS/c1-11-14(15(2,3)16)19-13(17-11)9-10-18-12-7-5-4-6-8-12/h4-8H,9-10,16H2,1-3H3. The van der Waals surface area contributed by atoms with Gasteiger partial charge in [-0.15, -0.1) is 11.3 Å². The lowest BCUT2D eigenvalue weighted by atomic mass is 10.0. The first-order valence-electron chi connectivity index (χ1n) is 6.40. The van der Waals surface area contributed by atoms with E-state index in [-0.39, 0.29) is 5.54 Å². The van der Waals surface area contributed by atoms with Crippen LogP contribution in [0.15, 0.2) is 30.3 Å². The molecule has 2 aromatic rings. The van der Waals surface area contributed by atoms with Crippen LogP contribution in [0.2, 0.25) is 0 Å². The average molecular weight is 276 g/mol. The number of thiazole rings is 1. The summed E-state index contributed by atoms with van der Waals surface area (Å²) in [6, 6.07) is 9.84. The van der Waals surface area contributed by atoms with Gasteiger partial charge in [-0.05, 0) is 32.9 Å². The van der Waals surface area contributed by atoms with Gasteiger partial charge in [0.05, 0.1) is 17.3 Å². The van der Waals surface area contributed by atoms with Crippen molar-refractivity contribution in [2.24, 2.45) is 5.73 Å². The minimum absolute atomic E-state index is 0.319. The topological polar surface area (TPSA) is 48.1 Å². The summed E-state index contributed by atoms with van der Waals surface area (Å²) in [5.74, 6) is 0.898. The number of hydrogen-bond acceptors (Lipinski definition) is 4. The van der Waals surface area contributed by atoms with Gasteiger partial charge in [-0.1, -0.05) is 18.2 Å².